The molecule has 0 aliphatic carbocycles. The average molecular weight is 332 g/mol. The summed E-state index contributed by atoms with van der Waals surface area (Å²) in [6.07, 6.45) is 2.31. The van der Waals surface area contributed by atoms with Gasteiger partial charge in [-0.3, -0.25) is 4.79 Å². The fourth-order valence-corrected chi connectivity index (χ4v) is 2.98. The van der Waals surface area contributed by atoms with Gasteiger partial charge in [-0.15, -0.1) is 0 Å². The van der Waals surface area contributed by atoms with Crippen LogP contribution in [0, 0.1) is 5.41 Å². The number of carboxylic acids is 1. The Morgan fingerprint density at radius 2 is 1.96 bits per heavy atom. The smallest absolute Gasteiger partial charge is 0.317 e. The minimum atomic E-state index is -0.831. The van der Waals surface area contributed by atoms with E-state index in [4.69, 9.17) is 0 Å². The molecule has 1 heterocycles. The van der Waals surface area contributed by atoms with Crippen LogP contribution in [0.3, 0.4) is 0 Å². The number of likely N-dealkylation sites (tertiary alicyclic amines) is 1. The zero-order valence-electron chi connectivity index (χ0n) is 14.8. The fourth-order valence-electron chi connectivity index (χ4n) is 2.98. The van der Waals surface area contributed by atoms with Crippen molar-refractivity contribution in [2.75, 3.05) is 19.6 Å². The minimum Gasteiger partial charge on any atom is -0.481 e. The van der Waals surface area contributed by atoms with Crippen molar-refractivity contribution in [1.29, 1.82) is 0 Å². The maximum atomic E-state index is 12.1. The first kappa shape index (κ1) is 18.3. The molecule has 1 atom stereocenters. The molecule has 5 heteroatoms. The molecule has 5 nitrogen and oxygen atoms in total. The molecule has 1 aliphatic heterocycles. The van der Waals surface area contributed by atoms with Crippen molar-refractivity contribution in [1.82, 2.24) is 10.2 Å². The lowest BCUT2D eigenvalue weighted by atomic mass is 9.90. The Morgan fingerprint density at radius 3 is 2.50 bits per heavy atom. The standard InChI is InChI=1S/C19H28N2O3/c1-14(2)16-8-6-15(7-9-16)5-4-11-20-18(24)21-12-10-19(3,13-21)17(22)23/h6-9,14H,4-5,10-13H2,1-3H3,(H,20,24)(H,22,23). The summed E-state index contributed by atoms with van der Waals surface area (Å²) < 4.78 is 0. The van der Waals surface area contributed by atoms with Crippen LogP contribution in [0.4, 0.5) is 4.79 Å². The molecule has 1 aromatic carbocycles. The van der Waals surface area contributed by atoms with Gasteiger partial charge in [0.05, 0.1) is 5.41 Å². The molecule has 0 saturated carbocycles. The number of hydrogen-bond acceptors (Lipinski definition) is 2. The lowest BCUT2D eigenvalue weighted by Gasteiger charge is -2.20. The zero-order valence-corrected chi connectivity index (χ0v) is 14.8. The van der Waals surface area contributed by atoms with Crippen LogP contribution in [0.1, 0.15) is 50.7 Å². The Bertz CT molecular complexity index is 583. The fraction of sp³-hybridized carbons (Fsp3) is 0.579. The van der Waals surface area contributed by atoms with Gasteiger partial charge in [-0.25, -0.2) is 4.79 Å². The largest absolute Gasteiger partial charge is 0.481 e. The first-order chi connectivity index (χ1) is 11.3. The van der Waals surface area contributed by atoms with Gasteiger partial charge in [0.25, 0.3) is 0 Å². The van der Waals surface area contributed by atoms with Gasteiger partial charge < -0.3 is 15.3 Å². The van der Waals surface area contributed by atoms with E-state index in [1.807, 2.05) is 0 Å². The van der Waals surface area contributed by atoms with E-state index in [9.17, 15) is 14.7 Å². The number of nitrogens with zero attached hydrogens (tertiary/aromatic N) is 1. The minimum absolute atomic E-state index is 0.157. The van der Waals surface area contributed by atoms with Crippen LogP contribution in [-0.4, -0.2) is 41.6 Å². The predicted molar refractivity (Wildman–Crippen MR) is 94.2 cm³/mol. The van der Waals surface area contributed by atoms with Gasteiger partial charge in [0, 0.05) is 19.6 Å². The summed E-state index contributed by atoms with van der Waals surface area (Å²) in [7, 11) is 0. The van der Waals surface area contributed by atoms with Crippen molar-refractivity contribution in [3.05, 3.63) is 35.4 Å². The summed E-state index contributed by atoms with van der Waals surface area (Å²) in [6, 6.07) is 8.46. The van der Waals surface area contributed by atoms with Crippen molar-refractivity contribution < 1.29 is 14.7 Å². The van der Waals surface area contributed by atoms with Crippen molar-refractivity contribution in [3.8, 4) is 0 Å². The van der Waals surface area contributed by atoms with Gasteiger partial charge in [-0.05, 0) is 43.2 Å². The van der Waals surface area contributed by atoms with E-state index in [0.29, 0.717) is 25.4 Å². The number of carbonyl (C=O) groups excluding carboxylic acids is 1. The van der Waals surface area contributed by atoms with Crippen LogP contribution in [0.25, 0.3) is 0 Å². The molecule has 1 saturated heterocycles. The molecular weight excluding hydrogens is 304 g/mol. The van der Waals surface area contributed by atoms with Crippen LogP contribution in [-0.2, 0) is 11.2 Å². The van der Waals surface area contributed by atoms with Gasteiger partial charge in [0.1, 0.15) is 0 Å². The highest BCUT2D eigenvalue weighted by Crippen LogP contribution is 2.29. The van der Waals surface area contributed by atoms with Gasteiger partial charge >= 0.3 is 12.0 Å². The van der Waals surface area contributed by atoms with E-state index in [0.717, 1.165) is 12.8 Å². The molecule has 1 unspecified atom stereocenters. The van der Waals surface area contributed by atoms with Crippen molar-refractivity contribution in [3.63, 3.8) is 0 Å². The highest BCUT2D eigenvalue weighted by molar-refractivity contribution is 5.79. The normalized spacial score (nSPS) is 20.4. The third-order valence-corrected chi connectivity index (χ3v) is 4.84. The predicted octanol–water partition coefficient (Wildman–Crippen LogP) is 3.25. The summed E-state index contributed by atoms with van der Waals surface area (Å²) >= 11 is 0. The monoisotopic (exact) mass is 332 g/mol. The van der Waals surface area contributed by atoms with E-state index in [2.05, 4.69) is 43.4 Å². The average Bonchev–Trinajstić information content (AvgIpc) is 2.96. The Morgan fingerprint density at radius 1 is 1.29 bits per heavy atom. The maximum absolute atomic E-state index is 12.1. The molecule has 0 radical (unpaired) electrons. The van der Waals surface area contributed by atoms with Gasteiger partial charge in [-0.1, -0.05) is 38.1 Å². The number of urea groups is 1. The number of rotatable bonds is 6. The SMILES string of the molecule is CC(C)c1ccc(CCCNC(=O)N2CCC(C)(C(=O)O)C2)cc1. The molecule has 1 fully saturated rings. The number of benzene rings is 1. The highest BCUT2D eigenvalue weighted by Gasteiger charge is 2.42. The van der Waals surface area contributed by atoms with E-state index < -0.39 is 11.4 Å². The molecule has 0 aromatic heterocycles. The Hall–Kier alpha value is -2.04. The van der Waals surface area contributed by atoms with Crippen molar-refractivity contribution in [2.45, 2.75) is 46.0 Å². The van der Waals surface area contributed by atoms with E-state index in [1.54, 1.807) is 11.8 Å². The Labute approximate surface area is 144 Å². The second kappa shape index (κ2) is 7.69. The second-order valence-electron chi connectivity index (χ2n) is 7.27. The lowest BCUT2D eigenvalue weighted by Crippen LogP contribution is -2.41. The summed E-state index contributed by atoms with van der Waals surface area (Å²) in [5, 5.41) is 12.1. The van der Waals surface area contributed by atoms with Crippen LogP contribution >= 0.6 is 0 Å². The zero-order chi connectivity index (χ0) is 17.7. The van der Waals surface area contributed by atoms with E-state index >= 15 is 0 Å². The highest BCUT2D eigenvalue weighted by atomic mass is 16.4. The van der Waals surface area contributed by atoms with E-state index in [1.165, 1.54) is 11.1 Å². The third-order valence-electron chi connectivity index (χ3n) is 4.84. The number of carboxylic acid groups (broad SMARTS) is 1. The van der Waals surface area contributed by atoms with Gasteiger partial charge in [-0.2, -0.15) is 0 Å². The summed E-state index contributed by atoms with van der Waals surface area (Å²) in [5.41, 5.74) is 1.80. The van der Waals surface area contributed by atoms with Gasteiger partial charge in [0.2, 0.25) is 0 Å². The molecule has 0 bridgehead atoms. The number of aryl methyl sites for hydroxylation is 1. The second-order valence-corrected chi connectivity index (χ2v) is 7.27. The summed E-state index contributed by atoms with van der Waals surface area (Å²) in [6.45, 7) is 7.45. The van der Waals surface area contributed by atoms with Crippen LogP contribution < -0.4 is 5.32 Å². The Balaban J connectivity index is 1.71. The number of aliphatic carboxylic acids is 1. The molecule has 1 aromatic rings. The molecule has 2 N–H and O–H groups in total. The molecular formula is C19H28N2O3. The molecule has 1 aliphatic rings. The first-order valence-corrected chi connectivity index (χ1v) is 8.67. The maximum Gasteiger partial charge on any atom is 0.317 e. The molecule has 2 amide bonds. The van der Waals surface area contributed by atoms with E-state index in [-0.39, 0.29) is 12.6 Å². The number of amides is 2. The molecule has 2 rings (SSSR count). The topological polar surface area (TPSA) is 69.6 Å². The quantitative estimate of drug-likeness (QED) is 0.786. The molecule has 0 spiro atoms. The van der Waals surface area contributed by atoms with Crippen molar-refractivity contribution in [2.24, 2.45) is 5.41 Å². The third kappa shape index (κ3) is 4.49. The number of nitrogens with one attached hydrogen (secondary N) is 1. The number of carbonyl (C=O) groups is 2. The molecule has 132 valence electrons. The molecule has 24 heavy (non-hydrogen) atoms. The lowest BCUT2D eigenvalue weighted by molar-refractivity contribution is -0.146. The summed E-state index contributed by atoms with van der Waals surface area (Å²) in [5.74, 6) is -0.294. The van der Waals surface area contributed by atoms with Crippen LogP contribution in [0.5, 0.6) is 0 Å². The van der Waals surface area contributed by atoms with Gasteiger partial charge in [0.15, 0.2) is 0 Å². The summed E-state index contributed by atoms with van der Waals surface area (Å²) in [4.78, 5) is 24.9. The first-order valence-electron chi connectivity index (χ1n) is 8.67. The Kier molecular flexibility index (Phi) is 5.86. The number of hydrogen-bond donors (Lipinski definition) is 2. The van der Waals surface area contributed by atoms with Crippen LogP contribution in [0.2, 0.25) is 0 Å². The van der Waals surface area contributed by atoms with Crippen LogP contribution in [0.15, 0.2) is 24.3 Å². The van der Waals surface area contributed by atoms with Crippen molar-refractivity contribution >= 4 is 12.0 Å².